The molecule has 4 nitrogen and oxygen atoms in total. The van der Waals surface area contributed by atoms with E-state index in [9.17, 15) is 9.90 Å². The minimum atomic E-state index is -1.53. The van der Waals surface area contributed by atoms with Crippen LogP contribution in [0, 0.1) is 5.92 Å². The van der Waals surface area contributed by atoms with Gasteiger partial charge in [0.15, 0.2) is 5.60 Å². The SMILES string of the molecule is CC[N+](CC)(CC)CCOC(=O)[C@@](O)(c1ccccc1)C1CCCCC1.[I-]. The largest absolute Gasteiger partial charge is 1.00 e. The van der Waals surface area contributed by atoms with Gasteiger partial charge in [-0.15, -0.1) is 0 Å². The minimum absolute atomic E-state index is 0. The molecule has 1 fully saturated rings. The van der Waals surface area contributed by atoms with Gasteiger partial charge in [0.05, 0.1) is 19.6 Å². The van der Waals surface area contributed by atoms with Gasteiger partial charge in [-0.05, 0) is 39.2 Å². The monoisotopic (exact) mass is 489 g/mol. The van der Waals surface area contributed by atoms with Crippen LogP contribution in [0.3, 0.4) is 0 Å². The molecule has 0 aliphatic heterocycles. The van der Waals surface area contributed by atoms with E-state index in [2.05, 4.69) is 20.8 Å². The first-order valence-electron chi connectivity index (χ1n) is 10.3. The number of halogens is 1. The molecule has 0 unspecified atom stereocenters. The number of esters is 1. The topological polar surface area (TPSA) is 46.5 Å². The molecule has 1 aliphatic rings. The van der Waals surface area contributed by atoms with E-state index >= 15 is 0 Å². The van der Waals surface area contributed by atoms with Crippen molar-refractivity contribution in [2.45, 2.75) is 58.5 Å². The number of benzene rings is 1. The average Bonchev–Trinajstić information content (AvgIpc) is 2.72. The van der Waals surface area contributed by atoms with Crippen LogP contribution in [0.4, 0.5) is 0 Å². The van der Waals surface area contributed by atoms with E-state index in [0.717, 1.165) is 56.3 Å². The van der Waals surface area contributed by atoms with E-state index in [-0.39, 0.29) is 29.9 Å². The molecule has 27 heavy (non-hydrogen) atoms. The summed E-state index contributed by atoms with van der Waals surface area (Å²) in [5, 5.41) is 11.5. The minimum Gasteiger partial charge on any atom is -1.00 e. The first-order valence-corrected chi connectivity index (χ1v) is 10.3. The lowest BCUT2D eigenvalue weighted by Crippen LogP contribution is -3.00. The maximum Gasteiger partial charge on any atom is 0.343 e. The molecule has 0 heterocycles. The normalized spacial score (nSPS) is 17.6. The summed E-state index contributed by atoms with van der Waals surface area (Å²) >= 11 is 0. The van der Waals surface area contributed by atoms with Crippen LogP contribution >= 0.6 is 0 Å². The fraction of sp³-hybridized carbons (Fsp3) is 0.682. The zero-order chi connectivity index (χ0) is 19.0. The van der Waals surface area contributed by atoms with Crippen LogP contribution in [-0.2, 0) is 15.1 Å². The smallest absolute Gasteiger partial charge is 0.343 e. The van der Waals surface area contributed by atoms with Crippen molar-refractivity contribution >= 4 is 5.97 Å². The summed E-state index contributed by atoms with van der Waals surface area (Å²) in [6.45, 7) is 10.8. The number of carbonyl (C=O) groups excluding carboxylic acids is 1. The van der Waals surface area contributed by atoms with Gasteiger partial charge in [-0.3, -0.25) is 0 Å². The molecular formula is C22H36INO3. The van der Waals surface area contributed by atoms with Gasteiger partial charge < -0.3 is 38.3 Å². The zero-order valence-corrected chi connectivity index (χ0v) is 19.3. The molecule has 1 atom stereocenters. The van der Waals surface area contributed by atoms with E-state index in [0.29, 0.717) is 12.2 Å². The van der Waals surface area contributed by atoms with E-state index in [1.54, 1.807) is 0 Å². The number of likely N-dealkylation sites (N-methyl/N-ethyl adjacent to an activating group) is 1. The molecule has 1 aromatic rings. The molecule has 5 heteroatoms. The third kappa shape index (κ3) is 5.67. The molecule has 1 N–H and O–H groups in total. The lowest BCUT2D eigenvalue weighted by molar-refractivity contribution is -0.923. The number of hydrogen-bond acceptors (Lipinski definition) is 3. The van der Waals surface area contributed by atoms with Gasteiger partial charge in [-0.25, -0.2) is 4.79 Å². The van der Waals surface area contributed by atoms with Crippen molar-refractivity contribution in [3.63, 3.8) is 0 Å². The Bertz CT molecular complexity index is 548. The van der Waals surface area contributed by atoms with Gasteiger partial charge in [0.2, 0.25) is 0 Å². The van der Waals surface area contributed by atoms with Crippen molar-refractivity contribution in [3.8, 4) is 0 Å². The highest BCUT2D eigenvalue weighted by Gasteiger charge is 2.47. The molecule has 1 aliphatic carbocycles. The fourth-order valence-corrected chi connectivity index (χ4v) is 4.32. The summed E-state index contributed by atoms with van der Waals surface area (Å²) in [4.78, 5) is 13.0. The van der Waals surface area contributed by atoms with Crippen LogP contribution in [0.2, 0.25) is 0 Å². The van der Waals surface area contributed by atoms with Crippen LogP contribution in [0.15, 0.2) is 30.3 Å². The Morgan fingerprint density at radius 2 is 1.63 bits per heavy atom. The molecule has 2 rings (SSSR count). The molecule has 0 saturated heterocycles. The number of rotatable bonds is 9. The van der Waals surface area contributed by atoms with Crippen molar-refractivity contribution < 1.29 is 43.1 Å². The molecule has 0 radical (unpaired) electrons. The third-order valence-electron chi connectivity index (χ3n) is 6.53. The first kappa shape index (κ1) is 24.4. The summed E-state index contributed by atoms with van der Waals surface area (Å²) in [5.41, 5.74) is -0.860. The lowest BCUT2D eigenvalue weighted by Gasteiger charge is -2.38. The van der Waals surface area contributed by atoms with Gasteiger partial charge in [-0.1, -0.05) is 49.6 Å². The van der Waals surface area contributed by atoms with Gasteiger partial charge in [-0.2, -0.15) is 0 Å². The molecule has 0 aromatic heterocycles. The van der Waals surface area contributed by atoms with Crippen molar-refractivity contribution in [2.24, 2.45) is 5.92 Å². The molecule has 0 bridgehead atoms. The first-order chi connectivity index (χ1) is 12.5. The highest BCUT2D eigenvalue weighted by atomic mass is 127. The molecule has 0 amide bonds. The standard InChI is InChI=1S/C22H36NO3.HI/c1-4-23(5-2,6-3)17-18-26-21(24)22(25,19-13-9-7-10-14-19)20-15-11-8-12-16-20;/h7,9-10,13-14,20,25H,4-6,8,11-12,15-18H2,1-3H3;1H/q+1;/p-1/t22-;/m1./s1. The average molecular weight is 489 g/mol. The van der Waals surface area contributed by atoms with Crippen LogP contribution in [0.5, 0.6) is 0 Å². The van der Waals surface area contributed by atoms with Crippen LogP contribution in [0.25, 0.3) is 0 Å². The van der Waals surface area contributed by atoms with Gasteiger partial charge in [0, 0.05) is 5.92 Å². The van der Waals surface area contributed by atoms with Gasteiger partial charge >= 0.3 is 5.97 Å². The number of hydrogen-bond donors (Lipinski definition) is 1. The molecule has 1 saturated carbocycles. The summed E-state index contributed by atoms with van der Waals surface area (Å²) in [6.07, 6.45) is 5.06. The summed E-state index contributed by atoms with van der Waals surface area (Å²) in [6, 6.07) is 9.36. The van der Waals surface area contributed by atoms with Crippen molar-refractivity contribution in [1.29, 1.82) is 0 Å². The van der Waals surface area contributed by atoms with Gasteiger partial charge in [0.25, 0.3) is 0 Å². The van der Waals surface area contributed by atoms with Gasteiger partial charge in [0.1, 0.15) is 13.2 Å². The summed E-state index contributed by atoms with van der Waals surface area (Å²) < 4.78 is 6.60. The highest BCUT2D eigenvalue weighted by Crippen LogP contribution is 2.40. The third-order valence-corrected chi connectivity index (χ3v) is 6.53. The number of nitrogens with zero attached hydrogens (tertiary/aromatic N) is 1. The second-order valence-corrected chi connectivity index (χ2v) is 7.62. The summed E-state index contributed by atoms with van der Waals surface area (Å²) in [7, 11) is 0. The quantitative estimate of drug-likeness (QED) is 0.318. The second kappa shape index (κ2) is 11.4. The molecule has 0 spiro atoms. The Morgan fingerprint density at radius 3 is 2.15 bits per heavy atom. The number of quaternary nitrogens is 1. The predicted octanol–water partition coefficient (Wildman–Crippen LogP) is 0.878. The number of ether oxygens (including phenoxy) is 1. The van der Waals surface area contributed by atoms with Crippen LogP contribution < -0.4 is 24.0 Å². The van der Waals surface area contributed by atoms with E-state index in [1.165, 1.54) is 6.42 Å². The summed E-state index contributed by atoms with van der Waals surface area (Å²) in [5.74, 6) is -0.536. The Hall–Kier alpha value is -0.660. The second-order valence-electron chi connectivity index (χ2n) is 7.62. The van der Waals surface area contributed by atoms with Crippen LogP contribution in [0.1, 0.15) is 58.4 Å². The van der Waals surface area contributed by atoms with E-state index < -0.39 is 11.6 Å². The van der Waals surface area contributed by atoms with Crippen LogP contribution in [-0.4, -0.2) is 48.3 Å². The molecular weight excluding hydrogens is 453 g/mol. The maximum atomic E-state index is 13.0. The highest BCUT2D eigenvalue weighted by molar-refractivity contribution is 5.81. The molecule has 154 valence electrons. The van der Waals surface area contributed by atoms with E-state index in [1.807, 2.05) is 30.3 Å². The van der Waals surface area contributed by atoms with E-state index in [4.69, 9.17) is 4.74 Å². The maximum absolute atomic E-state index is 13.0. The number of carbonyl (C=O) groups is 1. The van der Waals surface area contributed by atoms with Crippen molar-refractivity contribution in [1.82, 2.24) is 0 Å². The van der Waals surface area contributed by atoms with Crippen molar-refractivity contribution in [2.75, 3.05) is 32.8 Å². The predicted molar refractivity (Wildman–Crippen MR) is 105 cm³/mol. The lowest BCUT2D eigenvalue weighted by atomic mass is 9.73. The number of aliphatic hydroxyl groups is 1. The zero-order valence-electron chi connectivity index (χ0n) is 17.1. The molecule has 1 aromatic carbocycles. The fourth-order valence-electron chi connectivity index (χ4n) is 4.32. The Balaban J connectivity index is 0.00000364. The van der Waals surface area contributed by atoms with Crippen molar-refractivity contribution in [3.05, 3.63) is 35.9 Å². The Kier molecular flexibility index (Phi) is 10.3. The Labute approximate surface area is 181 Å². The Morgan fingerprint density at radius 1 is 1.07 bits per heavy atom.